The molecule has 0 radical (unpaired) electrons. The molecule has 23 heavy (non-hydrogen) atoms. The Morgan fingerprint density at radius 3 is 2.35 bits per heavy atom. The van der Waals surface area contributed by atoms with E-state index in [1.165, 1.54) is 11.1 Å². The van der Waals surface area contributed by atoms with Gasteiger partial charge in [-0.25, -0.2) is 0 Å². The number of rotatable bonds is 5. The molecule has 0 bridgehead atoms. The van der Waals surface area contributed by atoms with Crippen LogP contribution < -0.4 is 10.1 Å². The van der Waals surface area contributed by atoms with E-state index in [1.54, 1.807) is 13.2 Å². The highest BCUT2D eigenvalue weighted by atomic mass is 16.5. The molecule has 0 spiro atoms. The van der Waals surface area contributed by atoms with E-state index >= 15 is 0 Å². The molecule has 0 aliphatic heterocycles. The Morgan fingerprint density at radius 2 is 1.78 bits per heavy atom. The molecule has 3 heteroatoms. The average molecular weight is 311 g/mol. The summed E-state index contributed by atoms with van der Waals surface area (Å²) in [6, 6.07) is 11.9. The predicted molar refractivity (Wildman–Crippen MR) is 94.1 cm³/mol. The van der Waals surface area contributed by atoms with Crippen LogP contribution in [-0.2, 0) is 0 Å². The highest BCUT2D eigenvalue weighted by Gasteiger charge is 2.15. The maximum atomic E-state index is 12.5. The van der Waals surface area contributed by atoms with Crippen molar-refractivity contribution in [3.63, 3.8) is 0 Å². The van der Waals surface area contributed by atoms with E-state index in [9.17, 15) is 4.79 Å². The molecule has 0 aliphatic rings. The topological polar surface area (TPSA) is 38.3 Å². The third kappa shape index (κ3) is 3.92. The first kappa shape index (κ1) is 17.1. The van der Waals surface area contributed by atoms with Gasteiger partial charge in [0.25, 0.3) is 5.91 Å². The number of hydrogen-bond donors (Lipinski definition) is 1. The molecule has 2 aromatic carbocycles. The van der Waals surface area contributed by atoms with Crippen LogP contribution in [-0.4, -0.2) is 13.0 Å². The van der Waals surface area contributed by atoms with Gasteiger partial charge in [-0.1, -0.05) is 25.1 Å². The second-order valence-corrected chi connectivity index (χ2v) is 5.96. The van der Waals surface area contributed by atoms with Gasteiger partial charge < -0.3 is 10.1 Å². The number of aryl methyl sites for hydroxylation is 3. The molecule has 1 amide bonds. The lowest BCUT2D eigenvalue weighted by atomic mass is 9.99. The van der Waals surface area contributed by atoms with E-state index in [-0.39, 0.29) is 11.9 Å². The lowest BCUT2D eigenvalue weighted by Crippen LogP contribution is -2.28. The summed E-state index contributed by atoms with van der Waals surface area (Å²) in [4.78, 5) is 12.5. The third-order valence-electron chi connectivity index (χ3n) is 4.30. The molecular weight excluding hydrogens is 286 g/mol. The van der Waals surface area contributed by atoms with Crippen LogP contribution in [0.25, 0.3) is 0 Å². The van der Waals surface area contributed by atoms with Gasteiger partial charge in [0.2, 0.25) is 0 Å². The molecule has 2 rings (SSSR count). The predicted octanol–water partition coefficient (Wildman–Crippen LogP) is 4.50. The summed E-state index contributed by atoms with van der Waals surface area (Å²) in [7, 11) is 1.63. The highest BCUT2D eigenvalue weighted by molar-refractivity contribution is 5.94. The summed E-state index contributed by atoms with van der Waals surface area (Å²) in [6.45, 7) is 8.22. The smallest absolute Gasteiger partial charge is 0.251 e. The number of carbonyl (C=O) groups excluding carboxylic acids is 1. The monoisotopic (exact) mass is 311 g/mol. The van der Waals surface area contributed by atoms with Crippen LogP contribution in [0.4, 0.5) is 0 Å². The Labute approximate surface area is 138 Å². The number of amides is 1. The standard InChI is InChI=1S/C20H25NO2/c1-6-18(16-8-7-13(2)14(3)11-16)21-20(22)17-9-10-19(23-5)15(4)12-17/h7-12,18H,6H2,1-5H3,(H,21,22). The SMILES string of the molecule is CCC(NC(=O)c1ccc(OC)c(C)c1)c1ccc(C)c(C)c1. The zero-order valence-corrected chi connectivity index (χ0v) is 14.6. The van der Waals surface area contributed by atoms with Crippen LogP contribution in [0, 0.1) is 20.8 Å². The summed E-state index contributed by atoms with van der Waals surface area (Å²) in [5.74, 6) is 0.739. The molecule has 3 nitrogen and oxygen atoms in total. The molecular formula is C20H25NO2. The minimum absolute atomic E-state index is 0.0178. The fraction of sp³-hybridized carbons (Fsp3) is 0.350. The van der Waals surface area contributed by atoms with Crippen molar-refractivity contribution in [2.45, 2.75) is 40.2 Å². The van der Waals surface area contributed by atoms with Gasteiger partial charge in [0.1, 0.15) is 5.75 Å². The van der Waals surface area contributed by atoms with E-state index in [0.29, 0.717) is 5.56 Å². The van der Waals surface area contributed by atoms with Gasteiger partial charge in [-0.3, -0.25) is 4.79 Å². The zero-order valence-electron chi connectivity index (χ0n) is 14.6. The van der Waals surface area contributed by atoms with Crippen LogP contribution in [0.1, 0.15) is 52.0 Å². The number of methoxy groups -OCH3 is 1. The quantitative estimate of drug-likeness (QED) is 0.883. The number of hydrogen-bond acceptors (Lipinski definition) is 2. The Bertz CT molecular complexity index is 707. The molecule has 0 saturated carbocycles. The Kier molecular flexibility index (Phi) is 5.43. The first-order valence-corrected chi connectivity index (χ1v) is 7.99. The maximum Gasteiger partial charge on any atom is 0.251 e. The van der Waals surface area contributed by atoms with Crippen LogP contribution in [0.5, 0.6) is 5.75 Å². The highest BCUT2D eigenvalue weighted by Crippen LogP contribution is 2.22. The Hall–Kier alpha value is -2.29. The second-order valence-electron chi connectivity index (χ2n) is 5.96. The van der Waals surface area contributed by atoms with E-state index in [2.05, 4.69) is 44.3 Å². The third-order valence-corrected chi connectivity index (χ3v) is 4.30. The molecule has 0 aliphatic carbocycles. The van der Waals surface area contributed by atoms with Crippen molar-refractivity contribution in [1.82, 2.24) is 5.32 Å². The normalized spacial score (nSPS) is 11.9. The lowest BCUT2D eigenvalue weighted by Gasteiger charge is -2.19. The second kappa shape index (κ2) is 7.32. The summed E-state index contributed by atoms with van der Waals surface area (Å²) in [5, 5.41) is 3.13. The van der Waals surface area contributed by atoms with E-state index < -0.39 is 0 Å². The van der Waals surface area contributed by atoms with E-state index in [1.807, 2.05) is 19.1 Å². The van der Waals surface area contributed by atoms with Gasteiger partial charge in [-0.15, -0.1) is 0 Å². The van der Waals surface area contributed by atoms with Gasteiger partial charge >= 0.3 is 0 Å². The number of ether oxygens (including phenoxy) is 1. The van der Waals surface area contributed by atoms with Gasteiger partial charge in [0.05, 0.1) is 13.2 Å². The van der Waals surface area contributed by atoms with Crippen molar-refractivity contribution in [3.8, 4) is 5.75 Å². The van der Waals surface area contributed by atoms with Crippen LogP contribution >= 0.6 is 0 Å². The lowest BCUT2D eigenvalue weighted by molar-refractivity contribution is 0.0935. The number of benzene rings is 2. The van der Waals surface area contributed by atoms with E-state index in [4.69, 9.17) is 4.74 Å². The van der Waals surface area contributed by atoms with Gasteiger partial charge in [0.15, 0.2) is 0 Å². The molecule has 0 saturated heterocycles. The van der Waals surface area contributed by atoms with Gasteiger partial charge in [-0.2, -0.15) is 0 Å². The first-order valence-electron chi connectivity index (χ1n) is 7.99. The molecule has 0 heterocycles. The molecule has 2 aromatic rings. The Morgan fingerprint density at radius 1 is 1.04 bits per heavy atom. The molecule has 1 atom stereocenters. The number of nitrogens with one attached hydrogen (secondary N) is 1. The molecule has 122 valence electrons. The summed E-state index contributed by atoms with van der Waals surface area (Å²) in [5.41, 5.74) is 5.27. The van der Waals surface area contributed by atoms with Crippen molar-refractivity contribution in [2.75, 3.05) is 7.11 Å². The van der Waals surface area contributed by atoms with Crippen LogP contribution in [0.15, 0.2) is 36.4 Å². The van der Waals surface area contributed by atoms with Gasteiger partial charge in [-0.05, 0) is 67.6 Å². The first-order chi connectivity index (χ1) is 11.0. The summed E-state index contributed by atoms with van der Waals surface area (Å²) >= 11 is 0. The van der Waals surface area contributed by atoms with Crippen LogP contribution in [0.3, 0.4) is 0 Å². The van der Waals surface area contributed by atoms with Crippen molar-refractivity contribution < 1.29 is 9.53 Å². The molecule has 0 fully saturated rings. The maximum absolute atomic E-state index is 12.5. The number of carbonyl (C=O) groups is 1. The van der Waals surface area contributed by atoms with Crippen molar-refractivity contribution in [3.05, 3.63) is 64.2 Å². The molecule has 1 N–H and O–H groups in total. The summed E-state index contributed by atoms with van der Waals surface area (Å²) in [6.07, 6.45) is 0.851. The molecule has 0 aromatic heterocycles. The minimum atomic E-state index is -0.0548. The fourth-order valence-electron chi connectivity index (χ4n) is 2.66. The van der Waals surface area contributed by atoms with Crippen LogP contribution in [0.2, 0.25) is 0 Å². The minimum Gasteiger partial charge on any atom is -0.496 e. The van der Waals surface area contributed by atoms with Crippen molar-refractivity contribution in [2.24, 2.45) is 0 Å². The largest absolute Gasteiger partial charge is 0.496 e. The fourth-order valence-corrected chi connectivity index (χ4v) is 2.66. The zero-order chi connectivity index (χ0) is 17.0. The van der Waals surface area contributed by atoms with Gasteiger partial charge in [0, 0.05) is 5.56 Å². The Balaban J connectivity index is 2.19. The summed E-state index contributed by atoms with van der Waals surface area (Å²) < 4.78 is 5.24. The van der Waals surface area contributed by atoms with Crippen molar-refractivity contribution >= 4 is 5.91 Å². The molecule has 1 unspecified atom stereocenters. The van der Waals surface area contributed by atoms with E-state index in [0.717, 1.165) is 23.3 Å². The van der Waals surface area contributed by atoms with Crippen molar-refractivity contribution in [1.29, 1.82) is 0 Å². The average Bonchev–Trinajstić information content (AvgIpc) is 2.55.